The smallest absolute Gasteiger partial charge is 0.223 e. The summed E-state index contributed by atoms with van der Waals surface area (Å²) in [6.07, 6.45) is 6.14. The molecule has 3 nitrogen and oxygen atoms in total. The zero-order chi connectivity index (χ0) is 10.4. The molecule has 1 aliphatic carbocycles. The van der Waals surface area contributed by atoms with E-state index in [2.05, 4.69) is 5.32 Å². The van der Waals surface area contributed by atoms with E-state index in [0.29, 0.717) is 6.42 Å². The van der Waals surface area contributed by atoms with E-state index in [0.717, 1.165) is 19.0 Å². The average Bonchev–Trinajstić information content (AvgIpc) is 2.94. The maximum absolute atomic E-state index is 11.2. The Morgan fingerprint density at radius 1 is 1.36 bits per heavy atom. The summed E-state index contributed by atoms with van der Waals surface area (Å²) in [5.74, 6) is 1.24. The van der Waals surface area contributed by atoms with Crippen molar-refractivity contribution in [3.05, 3.63) is 0 Å². The summed E-state index contributed by atoms with van der Waals surface area (Å²) in [6.45, 7) is 1.89. The summed E-state index contributed by atoms with van der Waals surface area (Å²) in [7, 11) is 3.60. The second-order valence-electron chi connectivity index (χ2n) is 4.37. The van der Waals surface area contributed by atoms with Gasteiger partial charge in [0.25, 0.3) is 0 Å². The van der Waals surface area contributed by atoms with Gasteiger partial charge in [0.2, 0.25) is 5.91 Å². The number of nitrogens with zero attached hydrogens (tertiary/aromatic N) is 1. The van der Waals surface area contributed by atoms with Gasteiger partial charge in [-0.1, -0.05) is 12.8 Å². The molecule has 0 atom stereocenters. The van der Waals surface area contributed by atoms with Crippen LogP contribution in [0.3, 0.4) is 0 Å². The zero-order valence-corrected chi connectivity index (χ0v) is 9.38. The molecule has 0 aromatic carbocycles. The van der Waals surface area contributed by atoms with Gasteiger partial charge in [-0.2, -0.15) is 0 Å². The van der Waals surface area contributed by atoms with Crippen LogP contribution in [0, 0.1) is 5.92 Å². The van der Waals surface area contributed by atoms with Crippen molar-refractivity contribution in [1.82, 2.24) is 10.2 Å². The molecule has 1 aliphatic rings. The van der Waals surface area contributed by atoms with Gasteiger partial charge in [-0.3, -0.25) is 4.79 Å². The summed E-state index contributed by atoms with van der Waals surface area (Å²) in [6, 6.07) is 0. The number of hydrogen-bond acceptors (Lipinski definition) is 2. The lowest BCUT2D eigenvalue weighted by Gasteiger charge is -2.10. The number of nitrogens with one attached hydrogen (secondary N) is 1. The third-order valence-electron chi connectivity index (χ3n) is 2.68. The normalized spacial score (nSPS) is 15.6. The van der Waals surface area contributed by atoms with E-state index < -0.39 is 0 Å². The number of carbonyl (C=O) groups excluding carboxylic acids is 1. The van der Waals surface area contributed by atoms with Crippen LogP contribution in [0.25, 0.3) is 0 Å². The van der Waals surface area contributed by atoms with Crippen molar-refractivity contribution in [2.75, 3.05) is 27.2 Å². The SMILES string of the molecule is CN(C)C(=O)CCNCCCC1CC1. The molecule has 1 saturated carbocycles. The first-order chi connectivity index (χ1) is 6.70. The fraction of sp³-hybridized carbons (Fsp3) is 0.909. The Bertz CT molecular complexity index is 176. The highest BCUT2D eigenvalue weighted by Gasteiger charge is 2.19. The maximum Gasteiger partial charge on any atom is 0.223 e. The monoisotopic (exact) mass is 198 g/mol. The molecule has 1 amide bonds. The van der Waals surface area contributed by atoms with E-state index in [4.69, 9.17) is 0 Å². The summed E-state index contributed by atoms with van der Waals surface area (Å²) in [4.78, 5) is 12.8. The molecule has 1 N–H and O–H groups in total. The molecular weight excluding hydrogens is 176 g/mol. The highest BCUT2D eigenvalue weighted by atomic mass is 16.2. The minimum absolute atomic E-state index is 0.208. The van der Waals surface area contributed by atoms with Crippen molar-refractivity contribution in [2.24, 2.45) is 5.92 Å². The number of carbonyl (C=O) groups is 1. The number of amides is 1. The molecule has 1 rings (SSSR count). The highest BCUT2D eigenvalue weighted by Crippen LogP contribution is 2.33. The second kappa shape index (κ2) is 6.02. The minimum atomic E-state index is 0.208. The van der Waals surface area contributed by atoms with Gasteiger partial charge in [0.1, 0.15) is 0 Å². The van der Waals surface area contributed by atoms with Gasteiger partial charge < -0.3 is 10.2 Å². The predicted octanol–water partition coefficient (Wildman–Crippen LogP) is 1.24. The average molecular weight is 198 g/mol. The van der Waals surface area contributed by atoms with Gasteiger partial charge in [0, 0.05) is 27.1 Å². The van der Waals surface area contributed by atoms with Gasteiger partial charge >= 0.3 is 0 Å². The van der Waals surface area contributed by atoms with Crippen LogP contribution < -0.4 is 5.32 Å². The Morgan fingerprint density at radius 2 is 2.07 bits per heavy atom. The zero-order valence-electron chi connectivity index (χ0n) is 9.38. The fourth-order valence-electron chi connectivity index (χ4n) is 1.47. The summed E-state index contributed by atoms with van der Waals surface area (Å²) in [5, 5.41) is 3.31. The summed E-state index contributed by atoms with van der Waals surface area (Å²) in [5.41, 5.74) is 0. The Morgan fingerprint density at radius 3 is 2.64 bits per heavy atom. The molecular formula is C11H22N2O. The molecule has 0 radical (unpaired) electrons. The molecule has 3 heteroatoms. The van der Waals surface area contributed by atoms with E-state index in [-0.39, 0.29) is 5.91 Å². The van der Waals surface area contributed by atoms with Gasteiger partial charge in [0.05, 0.1) is 0 Å². The van der Waals surface area contributed by atoms with Crippen molar-refractivity contribution >= 4 is 5.91 Å². The molecule has 0 spiro atoms. The van der Waals surface area contributed by atoms with E-state index in [1.165, 1.54) is 25.7 Å². The first-order valence-electron chi connectivity index (χ1n) is 5.61. The lowest BCUT2D eigenvalue weighted by atomic mass is 10.2. The number of rotatable bonds is 7. The van der Waals surface area contributed by atoms with E-state index in [9.17, 15) is 4.79 Å². The summed E-state index contributed by atoms with van der Waals surface area (Å²) >= 11 is 0. The van der Waals surface area contributed by atoms with Crippen LogP contribution >= 0.6 is 0 Å². The molecule has 0 aromatic rings. The lowest BCUT2D eigenvalue weighted by molar-refractivity contribution is -0.128. The largest absolute Gasteiger partial charge is 0.349 e. The standard InChI is InChI=1S/C11H22N2O/c1-13(2)11(14)7-9-12-8-3-4-10-5-6-10/h10,12H,3-9H2,1-2H3. The molecule has 0 heterocycles. The molecule has 0 saturated heterocycles. The predicted molar refractivity (Wildman–Crippen MR) is 58.1 cm³/mol. The molecule has 0 aromatic heterocycles. The van der Waals surface area contributed by atoms with Gasteiger partial charge in [-0.05, 0) is 25.3 Å². The van der Waals surface area contributed by atoms with E-state index >= 15 is 0 Å². The Kier molecular flexibility index (Phi) is 4.94. The van der Waals surface area contributed by atoms with Crippen LogP contribution in [-0.4, -0.2) is 38.0 Å². The first-order valence-corrected chi connectivity index (χ1v) is 5.61. The van der Waals surface area contributed by atoms with Crippen molar-refractivity contribution in [3.8, 4) is 0 Å². The van der Waals surface area contributed by atoms with Crippen LogP contribution in [0.4, 0.5) is 0 Å². The van der Waals surface area contributed by atoms with Crippen molar-refractivity contribution in [3.63, 3.8) is 0 Å². The van der Waals surface area contributed by atoms with Crippen molar-refractivity contribution in [2.45, 2.75) is 32.1 Å². The van der Waals surface area contributed by atoms with Crippen LogP contribution in [-0.2, 0) is 4.79 Å². The van der Waals surface area contributed by atoms with Gasteiger partial charge in [-0.25, -0.2) is 0 Å². The van der Waals surface area contributed by atoms with E-state index in [1.807, 2.05) is 0 Å². The maximum atomic E-state index is 11.2. The third kappa shape index (κ3) is 5.22. The van der Waals surface area contributed by atoms with Crippen LogP contribution in [0.1, 0.15) is 32.1 Å². The van der Waals surface area contributed by atoms with Gasteiger partial charge in [-0.15, -0.1) is 0 Å². The minimum Gasteiger partial charge on any atom is -0.349 e. The van der Waals surface area contributed by atoms with E-state index in [1.54, 1.807) is 19.0 Å². The third-order valence-corrected chi connectivity index (χ3v) is 2.68. The Balaban J connectivity index is 1.81. The molecule has 0 unspecified atom stereocenters. The van der Waals surface area contributed by atoms with Crippen LogP contribution in [0.5, 0.6) is 0 Å². The van der Waals surface area contributed by atoms with Crippen LogP contribution in [0.15, 0.2) is 0 Å². The Hall–Kier alpha value is -0.570. The highest BCUT2D eigenvalue weighted by molar-refractivity contribution is 5.75. The van der Waals surface area contributed by atoms with Crippen LogP contribution in [0.2, 0.25) is 0 Å². The summed E-state index contributed by atoms with van der Waals surface area (Å²) < 4.78 is 0. The van der Waals surface area contributed by atoms with Crippen molar-refractivity contribution in [1.29, 1.82) is 0 Å². The fourth-order valence-corrected chi connectivity index (χ4v) is 1.47. The Labute approximate surface area is 86.9 Å². The number of hydrogen-bond donors (Lipinski definition) is 1. The van der Waals surface area contributed by atoms with Gasteiger partial charge in [0.15, 0.2) is 0 Å². The quantitative estimate of drug-likeness (QED) is 0.624. The lowest BCUT2D eigenvalue weighted by Crippen LogP contribution is -2.27. The van der Waals surface area contributed by atoms with Crippen molar-refractivity contribution < 1.29 is 4.79 Å². The molecule has 14 heavy (non-hydrogen) atoms. The molecule has 0 aliphatic heterocycles. The second-order valence-corrected chi connectivity index (χ2v) is 4.37. The molecule has 0 bridgehead atoms. The molecule has 1 fully saturated rings. The topological polar surface area (TPSA) is 32.3 Å². The molecule has 82 valence electrons. The first kappa shape index (κ1) is 11.5.